The number of likely N-dealkylation sites (tertiary alicyclic amines) is 2. The van der Waals surface area contributed by atoms with E-state index in [4.69, 9.17) is 0 Å². The number of carboxylic acids is 1. The van der Waals surface area contributed by atoms with E-state index in [-0.39, 0.29) is 18.0 Å². The Morgan fingerprint density at radius 2 is 1.91 bits per heavy atom. The third kappa shape index (κ3) is 2.64. The van der Waals surface area contributed by atoms with E-state index < -0.39 is 12.0 Å². The topological polar surface area (TPSA) is 60.9 Å². The van der Waals surface area contributed by atoms with Crippen molar-refractivity contribution in [2.75, 3.05) is 6.54 Å². The molecular formula is C17H28N2O3. The van der Waals surface area contributed by atoms with E-state index in [1.165, 1.54) is 12.8 Å². The fourth-order valence-corrected chi connectivity index (χ4v) is 4.84. The van der Waals surface area contributed by atoms with Crippen molar-refractivity contribution in [3.8, 4) is 0 Å². The van der Waals surface area contributed by atoms with Crippen LogP contribution in [0, 0.1) is 5.92 Å². The lowest BCUT2D eigenvalue weighted by atomic mass is 9.84. The largest absolute Gasteiger partial charge is 0.480 e. The zero-order valence-electron chi connectivity index (χ0n) is 13.7. The van der Waals surface area contributed by atoms with E-state index in [0.717, 1.165) is 38.6 Å². The molecule has 0 aromatic rings. The third-order valence-corrected chi connectivity index (χ3v) is 5.85. The minimum absolute atomic E-state index is 0.152. The molecule has 0 radical (unpaired) electrons. The number of fused-ring (bicyclic) bond motifs is 1. The molecule has 0 spiro atoms. The molecule has 0 unspecified atom stereocenters. The molecule has 0 aromatic carbocycles. The van der Waals surface area contributed by atoms with Crippen molar-refractivity contribution in [3.63, 3.8) is 0 Å². The first-order valence-electron chi connectivity index (χ1n) is 8.81. The van der Waals surface area contributed by atoms with Crippen LogP contribution in [-0.4, -0.2) is 57.5 Å². The van der Waals surface area contributed by atoms with Crippen LogP contribution in [0.2, 0.25) is 0 Å². The zero-order valence-corrected chi connectivity index (χ0v) is 13.7. The minimum Gasteiger partial charge on any atom is -0.480 e. The predicted molar refractivity (Wildman–Crippen MR) is 83.5 cm³/mol. The molecule has 1 N–H and O–H groups in total. The molecule has 5 heteroatoms. The van der Waals surface area contributed by atoms with Crippen LogP contribution in [0.25, 0.3) is 0 Å². The predicted octanol–water partition coefficient (Wildman–Crippen LogP) is 2.10. The van der Waals surface area contributed by atoms with Crippen LogP contribution in [0.5, 0.6) is 0 Å². The summed E-state index contributed by atoms with van der Waals surface area (Å²) >= 11 is 0. The Labute approximate surface area is 132 Å². The van der Waals surface area contributed by atoms with Crippen molar-refractivity contribution in [1.82, 2.24) is 9.80 Å². The first-order valence-corrected chi connectivity index (χ1v) is 8.81. The first-order chi connectivity index (χ1) is 10.5. The lowest BCUT2D eigenvalue weighted by Crippen LogP contribution is -2.59. The van der Waals surface area contributed by atoms with Crippen molar-refractivity contribution in [2.24, 2.45) is 5.92 Å². The summed E-state index contributed by atoms with van der Waals surface area (Å²) in [6, 6.07) is -0.182. The summed E-state index contributed by atoms with van der Waals surface area (Å²) in [5, 5.41) is 9.66. The van der Waals surface area contributed by atoms with E-state index in [0.29, 0.717) is 12.0 Å². The summed E-state index contributed by atoms with van der Waals surface area (Å²) in [6.07, 6.45) is 7.08. The molecule has 1 amide bonds. The second-order valence-corrected chi connectivity index (χ2v) is 7.43. The van der Waals surface area contributed by atoms with E-state index in [9.17, 15) is 14.7 Å². The molecule has 1 aliphatic carbocycles. The Morgan fingerprint density at radius 1 is 1.18 bits per heavy atom. The molecular weight excluding hydrogens is 280 g/mol. The average Bonchev–Trinajstić information content (AvgIpc) is 2.87. The molecule has 0 aromatic heterocycles. The monoisotopic (exact) mass is 308 g/mol. The molecule has 3 fully saturated rings. The summed E-state index contributed by atoms with van der Waals surface area (Å²) in [5.41, 5.74) is 0. The van der Waals surface area contributed by atoms with Gasteiger partial charge in [0.2, 0.25) is 5.91 Å². The van der Waals surface area contributed by atoms with Crippen LogP contribution < -0.4 is 0 Å². The van der Waals surface area contributed by atoms with Gasteiger partial charge in [0.1, 0.15) is 6.04 Å². The highest BCUT2D eigenvalue weighted by molar-refractivity contribution is 5.84. The maximum absolute atomic E-state index is 12.9. The Balaban J connectivity index is 1.86. The van der Waals surface area contributed by atoms with Crippen LogP contribution in [0.4, 0.5) is 0 Å². The molecule has 2 heterocycles. The highest BCUT2D eigenvalue weighted by atomic mass is 16.4. The van der Waals surface area contributed by atoms with Crippen LogP contribution in [0.3, 0.4) is 0 Å². The normalized spacial score (nSPS) is 36.7. The highest BCUT2D eigenvalue weighted by Gasteiger charge is 2.50. The van der Waals surface area contributed by atoms with Crippen LogP contribution in [-0.2, 0) is 9.59 Å². The molecule has 4 atom stereocenters. The quantitative estimate of drug-likeness (QED) is 0.867. The van der Waals surface area contributed by atoms with Gasteiger partial charge in [0.25, 0.3) is 0 Å². The Morgan fingerprint density at radius 3 is 2.59 bits per heavy atom. The van der Waals surface area contributed by atoms with Crippen molar-refractivity contribution < 1.29 is 14.7 Å². The molecule has 0 bridgehead atoms. The Kier molecular flexibility index (Phi) is 4.44. The third-order valence-electron chi connectivity index (χ3n) is 5.85. The second kappa shape index (κ2) is 6.19. The van der Waals surface area contributed by atoms with E-state index >= 15 is 0 Å². The SMILES string of the molecule is CC(C)N1CCC[C@H](N2[C@@H]3CCCC[C@H]3C[C@H]2C(=O)O)C1=O. The van der Waals surface area contributed by atoms with Gasteiger partial charge >= 0.3 is 5.97 Å². The van der Waals surface area contributed by atoms with E-state index in [1.807, 2.05) is 18.7 Å². The molecule has 5 nitrogen and oxygen atoms in total. The summed E-state index contributed by atoms with van der Waals surface area (Å²) in [4.78, 5) is 28.7. The number of piperidine rings is 1. The summed E-state index contributed by atoms with van der Waals surface area (Å²) in [6.45, 7) is 4.90. The maximum Gasteiger partial charge on any atom is 0.320 e. The molecule has 3 aliphatic rings. The number of nitrogens with zero attached hydrogens (tertiary/aromatic N) is 2. The Bertz CT molecular complexity index is 451. The van der Waals surface area contributed by atoms with Gasteiger partial charge in [-0.1, -0.05) is 12.8 Å². The standard InChI is InChI=1S/C17H28N2O3/c1-11(2)18-9-5-8-14(16(18)20)19-13-7-4-3-6-12(13)10-15(19)17(21)22/h11-15H,3-10H2,1-2H3,(H,21,22)/t12-,13+,14-,15-/m0/s1. The zero-order chi connectivity index (χ0) is 15.9. The number of hydrogen-bond acceptors (Lipinski definition) is 3. The van der Waals surface area contributed by atoms with Crippen molar-refractivity contribution in [1.29, 1.82) is 0 Å². The van der Waals surface area contributed by atoms with E-state index in [2.05, 4.69) is 4.90 Å². The molecule has 3 rings (SSSR count). The first kappa shape index (κ1) is 15.8. The van der Waals surface area contributed by atoms with Gasteiger partial charge in [-0.3, -0.25) is 14.5 Å². The maximum atomic E-state index is 12.9. The second-order valence-electron chi connectivity index (χ2n) is 7.43. The van der Waals surface area contributed by atoms with Crippen molar-refractivity contribution in [3.05, 3.63) is 0 Å². The fourth-order valence-electron chi connectivity index (χ4n) is 4.84. The number of hydrogen-bond donors (Lipinski definition) is 1. The molecule has 2 aliphatic heterocycles. The number of carbonyl (C=O) groups excluding carboxylic acids is 1. The summed E-state index contributed by atoms with van der Waals surface area (Å²) in [5.74, 6) is -0.125. The molecule has 1 saturated carbocycles. The van der Waals surface area contributed by atoms with Gasteiger partial charge in [-0.2, -0.15) is 0 Å². The fraction of sp³-hybridized carbons (Fsp3) is 0.882. The van der Waals surface area contributed by atoms with E-state index in [1.54, 1.807) is 0 Å². The summed E-state index contributed by atoms with van der Waals surface area (Å²) < 4.78 is 0. The Hall–Kier alpha value is -1.10. The van der Waals surface area contributed by atoms with Gasteiger partial charge in [-0.05, 0) is 51.9 Å². The lowest BCUT2D eigenvalue weighted by molar-refractivity contribution is -0.150. The van der Waals surface area contributed by atoms with Gasteiger partial charge in [0.05, 0.1) is 6.04 Å². The number of aliphatic carboxylic acids is 1. The smallest absolute Gasteiger partial charge is 0.320 e. The van der Waals surface area contributed by atoms with Gasteiger partial charge in [-0.15, -0.1) is 0 Å². The van der Waals surface area contributed by atoms with Gasteiger partial charge in [0.15, 0.2) is 0 Å². The number of carboxylic acid groups (broad SMARTS) is 1. The summed E-state index contributed by atoms with van der Waals surface area (Å²) in [7, 11) is 0. The minimum atomic E-state index is -0.746. The van der Waals surface area contributed by atoms with Gasteiger partial charge in [0, 0.05) is 18.6 Å². The molecule has 22 heavy (non-hydrogen) atoms. The van der Waals surface area contributed by atoms with Crippen LogP contribution in [0.15, 0.2) is 0 Å². The molecule has 2 saturated heterocycles. The molecule has 124 valence electrons. The van der Waals surface area contributed by atoms with Gasteiger partial charge in [-0.25, -0.2) is 0 Å². The number of amides is 1. The van der Waals surface area contributed by atoms with Crippen molar-refractivity contribution >= 4 is 11.9 Å². The number of rotatable bonds is 3. The van der Waals surface area contributed by atoms with Crippen molar-refractivity contribution in [2.45, 2.75) is 83.0 Å². The van der Waals surface area contributed by atoms with Gasteiger partial charge < -0.3 is 10.0 Å². The van der Waals surface area contributed by atoms with Crippen LogP contribution >= 0.6 is 0 Å². The lowest BCUT2D eigenvalue weighted by Gasteiger charge is -2.43. The highest BCUT2D eigenvalue weighted by Crippen LogP contribution is 2.42. The average molecular weight is 308 g/mol. The van der Waals surface area contributed by atoms with Crippen LogP contribution in [0.1, 0.15) is 58.8 Å². The number of carbonyl (C=O) groups is 2.